The predicted octanol–water partition coefficient (Wildman–Crippen LogP) is 1.44. The quantitative estimate of drug-likeness (QED) is 0.179. The zero-order valence-corrected chi connectivity index (χ0v) is 38.4. The summed E-state index contributed by atoms with van der Waals surface area (Å²) >= 11 is 0. The Hall–Kier alpha value is -2.98. The number of cyclic esters (lactones) is 1. The lowest BCUT2D eigenvalue weighted by atomic mass is 9.81. The summed E-state index contributed by atoms with van der Waals surface area (Å²) in [7, 11) is 0. The summed E-state index contributed by atoms with van der Waals surface area (Å²) in [6.07, 6.45) is 4.20. The van der Waals surface area contributed by atoms with Crippen LogP contribution < -0.4 is 5.73 Å². The lowest BCUT2D eigenvalue weighted by molar-refractivity contribution is -0.306. The Morgan fingerprint density at radius 1 is 0.692 bits per heavy atom. The summed E-state index contributed by atoms with van der Waals surface area (Å²) in [5.74, 6) is -5.18. The van der Waals surface area contributed by atoms with Gasteiger partial charge in [0.05, 0.1) is 85.5 Å². The molecule has 3 aliphatic heterocycles. The highest BCUT2D eigenvalue weighted by atomic mass is 16.7. The van der Waals surface area contributed by atoms with Crippen molar-refractivity contribution >= 4 is 11.8 Å². The third kappa shape index (κ3) is 18.9. The van der Waals surface area contributed by atoms with Gasteiger partial charge in [0.2, 0.25) is 0 Å². The molecule has 2 bridgehead atoms. The van der Waals surface area contributed by atoms with Crippen LogP contribution in [0.15, 0.2) is 72.9 Å². The molecule has 0 amide bonds. The topological polar surface area (TPSA) is 299 Å². The van der Waals surface area contributed by atoms with Crippen LogP contribution >= 0.6 is 0 Å². The molecule has 370 valence electrons. The maximum atomic E-state index is 12.9. The summed E-state index contributed by atoms with van der Waals surface area (Å²) in [6, 6.07) is -1.10. The van der Waals surface area contributed by atoms with Crippen molar-refractivity contribution in [2.45, 2.75) is 196 Å². The third-order valence-corrected chi connectivity index (χ3v) is 12.4. The Morgan fingerprint density at radius 3 is 1.97 bits per heavy atom. The summed E-state index contributed by atoms with van der Waals surface area (Å²) in [5, 5.41) is 108. The van der Waals surface area contributed by atoms with E-state index in [9.17, 15) is 60.7 Å². The van der Waals surface area contributed by atoms with Gasteiger partial charge in [-0.05, 0) is 52.9 Å². The van der Waals surface area contributed by atoms with E-state index in [1.165, 1.54) is 6.92 Å². The number of carbonyl (C=O) groups excluding carboxylic acids is 2. The number of esters is 1. The van der Waals surface area contributed by atoms with E-state index in [-0.39, 0.29) is 31.6 Å². The largest absolute Gasteiger partial charge is 0.462 e. The van der Waals surface area contributed by atoms with Gasteiger partial charge in [-0.25, -0.2) is 0 Å². The molecule has 65 heavy (non-hydrogen) atoms. The zero-order valence-electron chi connectivity index (χ0n) is 38.4. The average molecular weight is 924 g/mol. The number of ether oxygens (including phenoxy) is 4. The Labute approximate surface area is 383 Å². The molecule has 19 unspecified atom stereocenters. The highest BCUT2D eigenvalue weighted by Gasteiger charge is 2.50. The number of aliphatic hydroxyl groups is 10. The first-order valence-corrected chi connectivity index (χ1v) is 22.9. The van der Waals surface area contributed by atoms with E-state index in [0.29, 0.717) is 0 Å². The minimum absolute atomic E-state index is 0.0798. The second-order valence-electron chi connectivity index (χ2n) is 18.1. The molecule has 12 N–H and O–H groups in total. The first-order chi connectivity index (χ1) is 30.6. The molecule has 3 aliphatic rings. The van der Waals surface area contributed by atoms with Crippen molar-refractivity contribution in [2.24, 2.45) is 23.5 Å². The van der Waals surface area contributed by atoms with Gasteiger partial charge >= 0.3 is 5.97 Å². The number of Topliss-reactive ketones (excluding diaryl/α,β-unsaturated/α-hetero) is 1. The minimum atomic E-state index is -2.21. The monoisotopic (exact) mass is 924 g/mol. The van der Waals surface area contributed by atoms with E-state index < -0.39 is 147 Å². The van der Waals surface area contributed by atoms with Crippen molar-refractivity contribution in [3.8, 4) is 0 Å². The molecule has 0 aromatic rings. The zero-order chi connectivity index (χ0) is 48.4. The van der Waals surface area contributed by atoms with Gasteiger partial charge in [-0.2, -0.15) is 0 Å². The Kier molecular flexibility index (Phi) is 24.0. The van der Waals surface area contributed by atoms with Crippen molar-refractivity contribution in [1.29, 1.82) is 0 Å². The van der Waals surface area contributed by atoms with Gasteiger partial charge in [-0.3, -0.25) is 9.59 Å². The van der Waals surface area contributed by atoms with Crippen LogP contribution in [0.4, 0.5) is 0 Å². The summed E-state index contributed by atoms with van der Waals surface area (Å²) in [5.41, 5.74) is 6.05. The standard InChI is InChI=1S/C48H77NO16/c1-28-18-16-14-12-10-8-6-7-9-11-13-15-17-19-36(64-47-46(60)43(49)45(59)32(5)63-47)25-40-42(30(3)50)39(56)27-48(61,65-40)26-35(53)23-38(55)37(54)21-20-33(51)22-34(52)24-41(57)62-31(4)29(2)44(28)58/h6-7,9,11-19,28-29,31-40,42-47,51-56,58-61H,8,10,20-27,49H2,1-5H3. The van der Waals surface area contributed by atoms with Crippen LogP contribution in [-0.4, -0.2) is 160 Å². The van der Waals surface area contributed by atoms with Crippen LogP contribution in [0.25, 0.3) is 0 Å². The van der Waals surface area contributed by atoms with Crippen LogP contribution in [0.3, 0.4) is 0 Å². The molecule has 17 nitrogen and oxygen atoms in total. The van der Waals surface area contributed by atoms with Crippen molar-refractivity contribution < 1.29 is 79.6 Å². The number of rotatable bonds is 3. The van der Waals surface area contributed by atoms with E-state index in [1.54, 1.807) is 51.2 Å². The van der Waals surface area contributed by atoms with Gasteiger partial charge < -0.3 is 75.7 Å². The van der Waals surface area contributed by atoms with Gasteiger partial charge in [0.25, 0.3) is 0 Å². The Balaban J connectivity index is 1.84. The number of fused-ring (bicyclic) bond motifs is 2. The molecule has 0 spiro atoms. The average Bonchev–Trinajstić information content (AvgIpc) is 3.21. The van der Waals surface area contributed by atoms with Crippen LogP contribution in [-0.2, 0) is 28.5 Å². The van der Waals surface area contributed by atoms with Crippen molar-refractivity contribution in [1.82, 2.24) is 0 Å². The van der Waals surface area contributed by atoms with E-state index in [0.717, 1.165) is 12.8 Å². The lowest BCUT2D eigenvalue weighted by Gasteiger charge is -2.46. The molecule has 2 saturated heterocycles. The molecule has 3 heterocycles. The van der Waals surface area contributed by atoms with Crippen LogP contribution in [0.2, 0.25) is 0 Å². The highest BCUT2D eigenvalue weighted by molar-refractivity contribution is 5.79. The smallest absolute Gasteiger partial charge is 0.308 e. The second kappa shape index (κ2) is 27.7. The van der Waals surface area contributed by atoms with Crippen LogP contribution in [0, 0.1) is 17.8 Å². The van der Waals surface area contributed by atoms with Crippen molar-refractivity contribution in [3.05, 3.63) is 72.9 Å². The number of ketones is 1. The molecule has 2 fully saturated rings. The third-order valence-electron chi connectivity index (χ3n) is 12.4. The van der Waals surface area contributed by atoms with Gasteiger partial charge in [0, 0.05) is 37.5 Å². The van der Waals surface area contributed by atoms with Crippen LogP contribution in [0.5, 0.6) is 0 Å². The predicted molar refractivity (Wildman–Crippen MR) is 240 cm³/mol. The maximum Gasteiger partial charge on any atom is 0.308 e. The summed E-state index contributed by atoms with van der Waals surface area (Å²) in [4.78, 5) is 25.5. The summed E-state index contributed by atoms with van der Waals surface area (Å²) < 4.78 is 23.5. The number of nitrogens with two attached hydrogens (primary N) is 1. The number of allylic oxidation sites excluding steroid dienone is 10. The van der Waals surface area contributed by atoms with E-state index in [4.69, 9.17) is 24.7 Å². The molecule has 0 radical (unpaired) electrons. The molecule has 3 rings (SSSR count). The molecular formula is C48H77NO16. The first kappa shape index (κ1) is 56.3. The molecular weight excluding hydrogens is 847 g/mol. The molecule has 19 atom stereocenters. The van der Waals surface area contributed by atoms with Gasteiger partial charge in [0.15, 0.2) is 12.1 Å². The van der Waals surface area contributed by atoms with E-state index in [1.807, 2.05) is 49.5 Å². The fourth-order valence-electron chi connectivity index (χ4n) is 8.34. The van der Waals surface area contributed by atoms with Gasteiger partial charge in [-0.15, -0.1) is 0 Å². The fraction of sp³-hybridized carbons (Fsp3) is 0.708. The number of hydrogen-bond acceptors (Lipinski definition) is 17. The molecule has 0 aliphatic carbocycles. The van der Waals surface area contributed by atoms with Gasteiger partial charge in [0.1, 0.15) is 18.0 Å². The van der Waals surface area contributed by atoms with E-state index >= 15 is 0 Å². The molecule has 0 aromatic heterocycles. The minimum Gasteiger partial charge on any atom is -0.462 e. The Morgan fingerprint density at radius 2 is 1.31 bits per heavy atom. The second-order valence-corrected chi connectivity index (χ2v) is 18.1. The summed E-state index contributed by atoms with van der Waals surface area (Å²) in [6.45, 7) is 8.11. The van der Waals surface area contributed by atoms with Crippen molar-refractivity contribution in [3.63, 3.8) is 0 Å². The molecule has 0 aromatic carbocycles. The lowest BCUT2D eigenvalue weighted by Crippen LogP contribution is -2.61. The number of aliphatic hydroxyl groups excluding tert-OH is 9. The Bertz CT molecular complexity index is 1620. The number of carbonyl (C=O) groups is 2. The highest BCUT2D eigenvalue weighted by Crippen LogP contribution is 2.38. The van der Waals surface area contributed by atoms with Gasteiger partial charge in [-0.1, -0.05) is 86.8 Å². The molecule has 17 heteroatoms. The fourth-order valence-corrected chi connectivity index (χ4v) is 8.34. The number of hydrogen-bond donors (Lipinski definition) is 11. The van der Waals surface area contributed by atoms with E-state index in [2.05, 4.69) is 0 Å². The normalized spacial score (nSPS) is 42.3. The van der Waals surface area contributed by atoms with Crippen molar-refractivity contribution in [2.75, 3.05) is 0 Å². The maximum absolute atomic E-state index is 12.9. The first-order valence-electron chi connectivity index (χ1n) is 22.9. The SMILES string of the molecule is CC(=O)C1C(O)CC2(O)CC(O)CC(O)C(O)CCC(O)CC(O)CC(=O)OC(C)C(C)C(O)C(C)C=CC=CCCC=CC=CC=CC=CC(OC3OC(C)C(O)C(N)C3O)CC1O2. The van der Waals surface area contributed by atoms with Crippen LogP contribution in [0.1, 0.15) is 98.8 Å². The molecule has 0 saturated carbocycles.